The summed E-state index contributed by atoms with van der Waals surface area (Å²) >= 11 is 0. The third-order valence-corrected chi connectivity index (χ3v) is 6.50. The van der Waals surface area contributed by atoms with Crippen molar-refractivity contribution in [2.45, 2.75) is 57.5 Å². The zero-order valence-corrected chi connectivity index (χ0v) is 12.6. The summed E-state index contributed by atoms with van der Waals surface area (Å²) in [6.45, 7) is 1.61. The van der Waals surface area contributed by atoms with E-state index < -0.39 is 0 Å². The average Bonchev–Trinajstić information content (AvgIpc) is 2.77. The molecule has 21 heavy (non-hydrogen) atoms. The molecule has 3 N–H and O–H groups in total. The summed E-state index contributed by atoms with van der Waals surface area (Å²) in [7, 11) is 0. The molecule has 0 radical (unpaired) electrons. The van der Waals surface area contributed by atoms with Gasteiger partial charge in [0.05, 0.1) is 0 Å². The van der Waals surface area contributed by atoms with E-state index in [2.05, 4.69) is 16.2 Å². The summed E-state index contributed by atoms with van der Waals surface area (Å²) in [6.07, 6.45) is 6.92. The number of carbonyl (C=O) groups is 2. The lowest BCUT2D eigenvalue weighted by molar-refractivity contribution is -0.134. The molecule has 2 amide bonds. The van der Waals surface area contributed by atoms with Crippen molar-refractivity contribution >= 4 is 11.8 Å². The number of fused-ring (bicyclic) bond motifs is 3. The Bertz CT molecular complexity index is 466. The SMILES string of the molecule is CC(=O)NC1CCC2C(C1)C1NNC(=O)C3CCCC2C31. The van der Waals surface area contributed by atoms with Crippen molar-refractivity contribution in [3.05, 3.63) is 0 Å². The molecule has 0 aromatic heterocycles. The second-order valence-electron chi connectivity index (χ2n) is 7.48. The summed E-state index contributed by atoms with van der Waals surface area (Å²) in [5.41, 5.74) is 6.24. The van der Waals surface area contributed by atoms with Crippen LogP contribution >= 0.6 is 0 Å². The Morgan fingerprint density at radius 2 is 2.00 bits per heavy atom. The first-order valence-corrected chi connectivity index (χ1v) is 8.47. The molecule has 3 aliphatic carbocycles. The minimum absolute atomic E-state index is 0.0802. The summed E-state index contributed by atoms with van der Waals surface area (Å²) in [5, 5.41) is 3.10. The Morgan fingerprint density at radius 1 is 1.14 bits per heavy atom. The van der Waals surface area contributed by atoms with Gasteiger partial charge in [0.25, 0.3) is 0 Å². The van der Waals surface area contributed by atoms with Crippen molar-refractivity contribution < 1.29 is 9.59 Å². The fourth-order valence-electron chi connectivity index (χ4n) is 5.91. The highest BCUT2D eigenvalue weighted by atomic mass is 16.2. The van der Waals surface area contributed by atoms with Crippen molar-refractivity contribution in [3.8, 4) is 0 Å². The smallest absolute Gasteiger partial charge is 0.237 e. The second-order valence-corrected chi connectivity index (χ2v) is 7.48. The summed E-state index contributed by atoms with van der Waals surface area (Å²) in [5.74, 6) is 3.10. The highest BCUT2D eigenvalue weighted by Crippen LogP contribution is 2.56. The van der Waals surface area contributed by atoms with E-state index >= 15 is 0 Å². The Labute approximate surface area is 125 Å². The quantitative estimate of drug-likeness (QED) is 0.674. The van der Waals surface area contributed by atoms with Crippen LogP contribution in [0.4, 0.5) is 0 Å². The molecule has 1 aliphatic heterocycles. The van der Waals surface area contributed by atoms with E-state index in [0.717, 1.165) is 31.1 Å². The Balaban J connectivity index is 1.57. The molecule has 4 rings (SSSR count). The van der Waals surface area contributed by atoms with Crippen LogP contribution in [-0.2, 0) is 9.59 Å². The molecule has 0 spiro atoms. The van der Waals surface area contributed by atoms with E-state index in [9.17, 15) is 9.59 Å². The molecular weight excluding hydrogens is 266 g/mol. The number of amides is 2. The van der Waals surface area contributed by atoms with Gasteiger partial charge in [-0.3, -0.25) is 15.0 Å². The van der Waals surface area contributed by atoms with Crippen LogP contribution in [0.15, 0.2) is 0 Å². The molecule has 5 heteroatoms. The van der Waals surface area contributed by atoms with Crippen LogP contribution in [0.3, 0.4) is 0 Å². The summed E-state index contributed by atoms with van der Waals surface area (Å²) < 4.78 is 0. The van der Waals surface area contributed by atoms with Gasteiger partial charge in [-0.05, 0) is 55.8 Å². The van der Waals surface area contributed by atoms with Crippen LogP contribution in [-0.4, -0.2) is 23.9 Å². The zero-order valence-electron chi connectivity index (χ0n) is 12.6. The topological polar surface area (TPSA) is 70.2 Å². The Hall–Kier alpha value is -1.10. The highest BCUT2D eigenvalue weighted by Gasteiger charge is 2.58. The normalized spacial score (nSPS) is 48.0. The van der Waals surface area contributed by atoms with Crippen LogP contribution in [0.2, 0.25) is 0 Å². The van der Waals surface area contributed by atoms with Crippen LogP contribution in [0, 0.1) is 29.6 Å². The van der Waals surface area contributed by atoms with E-state index in [-0.39, 0.29) is 17.7 Å². The average molecular weight is 291 g/mol. The Morgan fingerprint density at radius 3 is 2.81 bits per heavy atom. The Kier molecular flexibility index (Phi) is 3.21. The molecule has 5 nitrogen and oxygen atoms in total. The lowest BCUT2D eigenvalue weighted by Crippen LogP contribution is -2.60. The van der Waals surface area contributed by atoms with Crippen molar-refractivity contribution in [1.29, 1.82) is 0 Å². The molecule has 3 saturated carbocycles. The number of hydrogen-bond donors (Lipinski definition) is 3. The number of rotatable bonds is 1. The number of hydrogen-bond acceptors (Lipinski definition) is 3. The van der Waals surface area contributed by atoms with Gasteiger partial charge >= 0.3 is 0 Å². The lowest BCUT2D eigenvalue weighted by atomic mass is 9.68. The molecule has 7 unspecified atom stereocenters. The molecule has 1 heterocycles. The molecule has 4 aliphatic rings. The monoisotopic (exact) mass is 291 g/mol. The first-order chi connectivity index (χ1) is 10.1. The van der Waals surface area contributed by atoms with E-state index in [4.69, 9.17) is 0 Å². The fourth-order valence-corrected chi connectivity index (χ4v) is 5.91. The standard InChI is InChI=1S/C16H25N3O2/c1-8(20)17-9-5-6-10-11-3-2-4-12-14(11)15(13(10)7-9)18-19-16(12)21/h9-15,18H,2-7H2,1H3,(H,17,20)(H,19,21). The van der Waals surface area contributed by atoms with Crippen molar-refractivity contribution in [2.75, 3.05) is 0 Å². The summed E-state index contributed by atoms with van der Waals surface area (Å²) in [6, 6.07) is 0.737. The molecular formula is C16H25N3O2. The molecule has 116 valence electrons. The van der Waals surface area contributed by atoms with Crippen LogP contribution in [0.25, 0.3) is 0 Å². The van der Waals surface area contributed by atoms with Gasteiger partial charge in [0.1, 0.15) is 0 Å². The molecule has 0 aromatic rings. The fraction of sp³-hybridized carbons (Fsp3) is 0.875. The number of nitrogens with one attached hydrogen (secondary N) is 3. The van der Waals surface area contributed by atoms with Gasteiger partial charge in [0.2, 0.25) is 11.8 Å². The van der Waals surface area contributed by atoms with Crippen LogP contribution in [0.5, 0.6) is 0 Å². The summed E-state index contributed by atoms with van der Waals surface area (Å²) in [4.78, 5) is 23.5. The maximum Gasteiger partial charge on any atom is 0.237 e. The van der Waals surface area contributed by atoms with Gasteiger partial charge in [-0.2, -0.15) is 0 Å². The lowest BCUT2D eigenvalue weighted by Gasteiger charge is -2.41. The van der Waals surface area contributed by atoms with Crippen LogP contribution < -0.4 is 16.2 Å². The highest BCUT2D eigenvalue weighted by molar-refractivity contribution is 5.79. The third kappa shape index (κ3) is 2.08. The molecule has 0 aromatic carbocycles. The second kappa shape index (κ2) is 4.97. The largest absolute Gasteiger partial charge is 0.354 e. The van der Waals surface area contributed by atoms with Crippen LogP contribution in [0.1, 0.15) is 45.4 Å². The minimum Gasteiger partial charge on any atom is -0.354 e. The first kappa shape index (κ1) is 13.6. The van der Waals surface area contributed by atoms with Gasteiger partial charge in [0.15, 0.2) is 0 Å². The van der Waals surface area contributed by atoms with Gasteiger partial charge in [0, 0.05) is 24.9 Å². The maximum absolute atomic E-state index is 12.1. The van der Waals surface area contributed by atoms with Crippen molar-refractivity contribution in [3.63, 3.8) is 0 Å². The van der Waals surface area contributed by atoms with E-state index in [1.807, 2.05) is 0 Å². The predicted molar refractivity (Wildman–Crippen MR) is 77.8 cm³/mol. The van der Waals surface area contributed by atoms with Gasteiger partial charge in [-0.1, -0.05) is 6.42 Å². The van der Waals surface area contributed by atoms with E-state index in [1.165, 1.54) is 19.3 Å². The van der Waals surface area contributed by atoms with E-state index in [1.54, 1.807) is 6.92 Å². The van der Waals surface area contributed by atoms with Gasteiger partial charge < -0.3 is 5.32 Å². The van der Waals surface area contributed by atoms with Crippen molar-refractivity contribution in [2.24, 2.45) is 29.6 Å². The van der Waals surface area contributed by atoms with E-state index in [0.29, 0.717) is 23.9 Å². The molecule has 0 bridgehead atoms. The van der Waals surface area contributed by atoms with Crippen molar-refractivity contribution in [1.82, 2.24) is 16.2 Å². The van der Waals surface area contributed by atoms with Gasteiger partial charge in [-0.15, -0.1) is 0 Å². The molecule has 4 fully saturated rings. The van der Waals surface area contributed by atoms with Gasteiger partial charge in [-0.25, -0.2) is 5.43 Å². The zero-order chi connectivity index (χ0) is 14.6. The third-order valence-electron chi connectivity index (χ3n) is 6.50. The first-order valence-electron chi connectivity index (χ1n) is 8.47. The number of carbonyl (C=O) groups excluding carboxylic acids is 2. The number of hydrazine groups is 1. The predicted octanol–water partition coefficient (Wildman–Crippen LogP) is 0.956. The molecule has 7 atom stereocenters. The maximum atomic E-state index is 12.1. The minimum atomic E-state index is 0.0802. The molecule has 1 saturated heterocycles.